The molecule has 4 nitrogen and oxygen atoms in total. The number of aliphatic hydroxyl groups excluding tert-OH is 1. The SMILES string of the molecule is C[C@H](CCO)NCc1ccc(-n2cnc3ccccc32)cc1. The van der Waals surface area contributed by atoms with Crippen LogP contribution >= 0.6 is 0 Å². The lowest BCUT2D eigenvalue weighted by molar-refractivity contribution is 0.268. The summed E-state index contributed by atoms with van der Waals surface area (Å²) in [4.78, 5) is 4.42. The Labute approximate surface area is 130 Å². The van der Waals surface area contributed by atoms with Crippen molar-refractivity contribution in [1.82, 2.24) is 14.9 Å². The Balaban J connectivity index is 1.74. The Morgan fingerprint density at radius 3 is 2.68 bits per heavy atom. The monoisotopic (exact) mass is 295 g/mol. The first-order chi connectivity index (χ1) is 10.8. The molecule has 0 radical (unpaired) electrons. The van der Waals surface area contributed by atoms with Gasteiger partial charge in [-0.2, -0.15) is 0 Å². The van der Waals surface area contributed by atoms with E-state index in [-0.39, 0.29) is 6.61 Å². The Hall–Kier alpha value is -2.17. The molecule has 1 atom stereocenters. The quantitative estimate of drug-likeness (QED) is 0.735. The number of fused-ring (bicyclic) bond motifs is 1. The Morgan fingerprint density at radius 1 is 1.14 bits per heavy atom. The number of para-hydroxylation sites is 2. The number of rotatable bonds is 6. The van der Waals surface area contributed by atoms with Crippen molar-refractivity contribution in [2.75, 3.05) is 6.61 Å². The number of hydrogen-bond acceptors (Lipinski definition) is 3. The number of aliphatic hydroxyl groups is 1. The molecule has 0 fully saturated rings. The zero-order valence-electron chi connectivity index (χ0n) is 12.7. The van der Waals surface area contributed by atoms with Crippen molar-refractivity contribution >= 4 is 11.0 Å². The number of nitrogens with one attached hydrogen (secondary N) is 1. The molecule has 1 aromatic heterocycles. The van der Waals surface area contributed by atoms with Crippen molar-refractivity contribution in [3.05, 3.63) is 60.4 Å². The maximum atomic E-state index is 8.91. The molecule has 2 aromatic carbocycles. The molecule has 3 aromatic rings. The van der Waals surface area contributed by atoms with E-state index in [4.69, 9.17) is 5.11 Å². The van der Waals surface area contributed by atoms with Gasteiger partial charge in [0, 0.05) is 24.9 Å². The van der Waals surface area contributed by atoms with Crippen molar-refractivity contribution in [3.63, 3.8) is 0 Å². The maximum absolute atomic E-state index is 8.91. The first-order valence-electron chi connectivity index (χ1n) is 7.63. The van der Waals surface area contributed by atoms with Crippen molar-refractivity contribution < 1.29 is 5.11 Å². The fourth-order valence-electron chi connectivity index (χ4n) is 2.53. The van der Waals surface area contributed by atoms with Crippen LogP contribution in [0.2, 0.25) is 0 Å². The fraction of sp³-hybridized carbons (Fsp3) is 0.278. The number of benzene rings is 2. The molecule has 0 aliphatic carbocycles. The van der Waals surface area contributed by atoms with Crippen molar-refractivity contribution in [2.45, 2.75) is 25.9 Å². The predicted octanol–water partition coefficient (Wildman–Crippen LogP) is 2.89. The molecule has 2 N–H and O–H groups in total. The molecular formula is C18H21N3O. The smallest absolute Gasteiger partial charge is 0.100 e. The lowest BCUT2D eigenvalue weighted by atomic mass is 10.1. The molecule has 0 aliphatic rings. The zero-order chi connectivity index (χ0) is 15.4. The molecule has 0 aliphatic heterocycles. The van der Waals surface area contributed by atoms with Gasteiger partial charge in [0.25, 0.3) is 0 Å². The van der Waals surface area contributed by atoms with Gasteiger partial charge in [-0.1, -0.05) is 24.3 Å². The van der Waals surface area contributed by atoms with Crippen molar-refractivity contribution in [1.29, 1.82) is 0 Å². The van der Waals surface area contributed by atoms with E-state index in [1.54, 1.807) is 0 Å². The second kappa shape index (κ2) is 6.73. The number of imidazole rings is 1. The molecule has 0 bridgehead atoms. The summed E-state index contributed by atoms with van der Waals surface area (Å²) >= 11 is 0. The fourth-order valence-corrected chi connectivity index (χ4v) is 2.53. The van der Waals surface area contributed by atoms with Crippen LogP contribution in [0, 0.1) is 0 Å². The van der Waals surface area contributed by atoms with E-state index >= 15 is 0 Å². The van der Waals surface area contributed by atoms with Gasteiger partial charge in [-0.15, -0.1) is 0 Å². The Kier molecular flexibility index (Phi) is 4.51. The third kappa shape index (κ3) is 3.18. The Bertz CT molecular complexity index is 733. The Morgan fingerprint density at radius 2 is 1.91 bits per heavy atom. The van der Waals surface area contributed by atoms with E-state index in [1.807, 2.05) is 24.5 Å². The van der Waals surface area contributed by atoms with Gasteiger partial charge in [0.15, 0.2) is 0 Å². The average molecular weight is 295 g/mol. The minimum atomic E-state index is 0.223. The molecule has 0 unspecified atom stereocenters. The van der Waals surface area contributed by atoms with Crippen LogP contribution in [0.15, 0.2) is 54.9 Å². The molecule has 0 saturated carbocycles. The topological polar surface area (TPSA) is 50.1 Å². The standard InChI is InChI=1S/C18H21N3O/c1-14(10-11-22)19-12-15-6-8-16(9-7-15)21-13-20-17-4-2-3-5-18(17)21/h2-9,13-14,19,22H,10-12H2,1H3/t14-/m1/s1. The molecule has 4 heteroatoms. The summed E-state index contributed by atoms with van der Waals surface area (Å²) in [6, 6.07) is 16.9. The van der Waals surface area contributed by atoms with E-state index < -0.39 is 0 Å². The van der Waals surface area contributed by atoms with E-state index in [1.165, 1.54) is 5.56 Å². The maximum Gasteiger partial charge on any atom is 0.100 e. The van der Waals surface area contributed by atoms with Crippen LogP contribution in [0.4, 0.5) is 0 Å². The third-order valence-corrected chi connectivity index (χ3v) is 3.88. The van der Waals surface area contributed by atoms with Gasteiger partial charge in [-0.3, -0.25) is 4.57 Å². The highest BCUT2D eigenvalue weighted by atomic mass is 16.3. The molecule has 1 heterocycles. The normalized spacial score (nSPS) is 12.6. The van der Waals surface area contributed by atoms with Gasteiger partial charge in [0.2, 0.25) is 0 Å². The van der Waals surface area contributed by atoms with Gasteiger partial charge in [-0.05, 0) is 43.2 Å². The lowest BCUT2D eigenvalue weighted by Gasteiger charge is -2.12. The van der Waals surface area contributed by atoms with Crippen LogP contribution < -0.4 is 5.32 Å². The van der Waals surface area contributed by atoms with E-state index in [0.29, 0.717) is 6.04 Å². The lowest BCUT2D eigenvalue weighted by Crippen LogP contribution is -2.26. The van der Waals surface area contributed by atoms with Crippen LogP contribution in [0.3, 0.4) is 0 Å². The van der Waals surface area contributed by atoms with Gasteiger partial charge >= 0.3 is 0 Å². The van der Waals surface area contributed by atoms with E-state index in [2.05, 4.69) is 52.1 Å². The highest BCUT2D eigenvalue weighted by molar-refractivity contribution is 5.77. The second-order valence-electron chi connectivity index (χ2n) is 5.56. The first-order valence-corrected chi connectivity index (χ1v) is 7.63. The van der Waals surface area contributed by atoms with Crippen molar-refractivity contribution in [3.8, 4) is 5.69 Å². The van der Waals surface area contributed by atoms with Crippen LogP contribution in [-0.4, -0.2) is 27.3 Å². The second-order valence-corrected chi connectivity index (χ2v) is 5.56. The summed E-state index contributed by atoms with van der Waals surface area (Å²) in [7, 11) is 0. The van der Waals surface area contributed by atoms with Crippen LogP contribution in [0.5, 0.6) is 0 Å². The molecular weight excluding hydrogens is 274 g/mol. The highest BCUT2D eigenvalue weighted by Crippen LogP contribution is 2.18. The molecule has 0 amide bonds. The number of nitrogens with zero attached hydrogens (tertiary/aromatic N) is 2. The number of hydrogen-bond donors (Lipinski definition) is 2. The number of aromatic nitrogens is 2. The predicted molar refractivity (Wildman–Crippen MR) is 89.1 cm³/mol. The van der Waals surface area contributed by atoms with Gasteiger partial charge in [0.1, 0.15) is 6.33 Å². The van der Waals surface area contributed by atoms with Gasteiger partial charge in [-0.25, -0.2) is 4.98 Å². The van der Waals surface area contributed by atoms with E-state index in [9.17, 15) is 0 Å². The molecule has 114 valence electrons. The van der Waals surface area contributed by atoms with Crippen LogP contribution in [0.25, 0.3) is 16.7 Å². The summed E-state index contributed by atoms with van der Waals surface area (Å²) in [5.41, 5.74) is 4.47. The summed E-state index contributed by atoms with van der Waals surface area (Å²) in [5.74, 6) is 0. The van der Waals surface area contributed by atoms with E-state index in [0.717, 1.165) is 29.7 Å². The van der Waals surface area contributed by atoms with Crippen molar-refractivity contribution in [2.24, 2.45) is 0 Å². The van der Waals surface area contributed by atoms with Crippen LogP contribution in [-0.2, 0) is 6.54 Å². The average Bonchev–Trinajstić information content (AvgIpc) is 2.98. The summed E-state index contributed by atoms with van der Waals surface area (Å²) < 4.78 is 2.10. The molecule has 0 saturated heterocycles. The van der Waals surface area contributed by atoms with Crippen LogP contribution in [0.1, 0.15) is 18.9 Å². The minimum absolute atomic E-state index is 0.223. The minimum Gasteiger partial charge on any atom is -0.396 e. The molecule has 22 heavy (non-hydrogen) atoms. The summed E-state index contributed by atoms with van der Waals surface area (Å²) in [5, 5.41) is 12.3. The first kappa shape index (κ1) is 14.8. The third-order valence-electron chi connectivity index (χ3n) is 3.88. The van der Waals surface area contributed by atoms with Gasteiger partial charge < -0.3 is 10.4 Å². The highest BCUT2D eigenvalue weighted by Gasteiger charge is 2.04. The largest absolute Gasteiger partial charge is 0.396 e. The molecule has 0 spiro atoms. The molecule has 3 rings (SSSR count). The zero-order valence-corrected chi connectivity index (χ0v) is 12.7. The summed E-state index contributed by atoms with van der Waals surface area (Å²) in [6.45, 7) is 3.12. The van der Waals surface area contributed by atoms with Gasteiger partial charge in [0.05, 0.1) is 11.0 Å². The summed E-state index contributed by atoms with van der Waals surface area (Å²) in [6.07, 6.45) is 2.64.